The van der Waals surface area contributed by atoms with Gasteiger partial charge in [0.15, 0.2) is 5.78 Å². The van der Waals surface area contributed by atoms with Gasteiger partial charge in [-0.3, -0.25) is 14.6 Å². The lowest BCUT2D eigenvalue weighted by molar-refractivity contribution is -0.143. The van der Waals surface area contributed by atoms with Gasteiger partial charge in [0.05, 0.1) is 7.11 Å². The first kappa shape index (κ1) is 17.0. The van der Waals surface area contributed by atoms with E-state index in [-0.39, 0.29) is 17.7 Å². The minimum Gasteiger partial charge on any atom is -0.468 e. The van der Waals surface area contributed by atoms with Crippen LogP contribution in [0.15, 0.2) is 45.4 Å². The molecule has 0 saturated carbocycles. The highest BCUT2D eigenvalue weighted by molar-refractivity contribution is 7.98. The average molecular weight is 343 g/mol. The molecule has 0 spiro atoms. The van der Waals surface area contributed by atoms with Crippen LogP contribution in [0.2, 0.25) is 0 Å². The Morgan fingerprint density at radius 2 is 1.96 bits per heavy atom. The molecule has 1 unspecified atom stereocenters. The molecule has 1 heterocycles. The molecular formula is C19H21NO3S. The number of ether oxygens (including phenoxy) is 1. The van der Waals surface area contributed by atoms with Gasteiger partial charge in [-0.1, -0.05) is 12.1 Å². The molecule has 3 rings (SSSR count). The summed E-state index contributed by atoms with van der Waals surface area (Å²) in [5, 5.41) is 0. The summed E-state index contributed by atoms with van der Waals surface area (Å²) in [6.45, 7) is 1.85. The van der Waals surface area contributed by atoms with Crippen molar-refractivity contribution in [1.29, 1.82) is 0 Å². The summed E-state index contributed by atoms with van der Waals surface area (Å²) in [4.78, 5) is 30.8. The number of rotatable bonds is 3. The highest BCUT2D eigenvalue weighted by atomic mass is 32.2. The van der Waals surface area contributed by atoms with Crippen LogP contribution in [0.4, 0.5) is 0 Å². The van der Waals surface area contributed by atoms with Crippen LogP contribution in [0.1, 0.15) is 37.7 Å². The maximum Gasteiger partial charge on any atom is 0.315 e. The monoisotopic (exact) mass is 343 g/mol. The molecule has 0 N–H and O–H groups in total. The van der Waals surface area contributed by atoms with Gasteiger partial charge in [0.1, 0.15) is 5.92 Å². The number of hydrogen-bond acceptors (Lipinski definition) is 5. The van der Waals surface area contributed by atoms with E-state index in [1.165, 1.54) is 7.11 Å². The molecule has 24 heavy (non-hydrogen) atoms. The van der Waals surface area contributed by atoms with E-state index in [1.54, 1.807) is 11.8 Å². The van der Waals surface area contributed by atoms with E-state index < -0.39 is 5.92 Å². The van der Waals surface area contributed by atoms with Crippen molar-refractivity contribution in [3.63, 3.8) is 0 Å². The van der Waals surface area contributed by atoms with E-state index in [9.17, 15) is 9.59 Å². The van der Waals surface area contributed by atoms with Gasteiger partial charge in [0.2, 0.25) is 0 Å². The molecule has 0 saturated heterocycles. The van der Waals surface area contributed by atoms with Crippen LogP contribution in [0.5, 0.6) is 0 Å². The molecule has 0 aromatic heterocycles. The summed E-state index contributed by atoms with van der Waals surface area (Å²) in [7, 11) is 1.39. The highest BCUT2D eigenvalue weighted by Gasteiger charge is 2.42. The van der Waals surface area contributed by atoms with Crippen LogP contribution in [-0.2, 0) is 14.3 Å². The summed E-state index contributed by atoms with van der Waals surface area (Å²) < 4.78 is 5.01. The zero-order valence-corrected chi connectivity index (χ0v) is 15.0. The molecule has 0 amide bonds. The van der Waals surface area contributed by atoms with E-state index in [4.69, 9.17) is 4.74 Å². The largest absolute Gasteiger partial charge is 0.468 e. The second-order valence-electron chi connectivity index (χ2n) is 6.14. The van der Waals surface area contributed by atoms with Crippen molar-refractivity contribution in [1.82, 2.24) is 0 Å². The van der Waals surface area contributed by atoms with E-state index in [2.05, 4.69) is 4.99 Å². The smallest absolute Gasteiger partial charge is 0.315 e. The summed E-state index contributed by atoms with van der Waals surface area (Å²) in [5.74, 6) is -1.05. The normalized spacial score (nSPS) is 23.6. The van der Waals surface area contributed by atoms with Crippen molar-refractivity contribution in [3.05, 3.63) is 41.1 Å². The number of carbonyl (C=O) groups is 2. The minimum absolute atomic E-state index is 0.111. The third kappa shape index (κ3) is 2.93. The Bertz CT molecular complexity index is 733. The maximum atomic E-state index is 12.6. The fraction of sp³-hybridized carbons (Fsp3) is 0.421. The van der Waals surface area contributed by atoms with Crippen LogP contribution in [-0.4, -0.2) is 30.8 Å². The Morgan fingerprint density at radius 3 is 2.58 bits per heavy atom. The van der Waals surface area contributed by atoms with E-state index in [0.29, 0.717) is 12.0 Å². The molecular weight excluding hydrogens is 322 g/mol. The van der Waals surface area contributed by atoms with E-state index in [0.717, 1.165) is 34.7 Å². The van der Waals surface area contributed by atoms with E-state index in [1.807, 2.05) is 37.4 Å². The van der Waals surface area contributed by atoms with Crippen molar-refractivity contribution in [3.8, 4) is 0 Å². The average Bonchev–Trinajstić information content (AvgIpc) is 2.60. The third-order valence-electron chi connectivity index (χ3n) is 4.76. The molecule has 1 aromatic rings. The van der Waals surface area contributed by atoms with Gasteiger partial charge in [-0.05, 0) is 43.7 Å². The van der Waals surface area contributed by atoms with Crippen molar-refractivity contribution in [2.24, 2.45) is 10.9 Å². The SMILES string of the molecule is COC(=O)C1C(C)=NC2=C(C(=O)CCC2)[C@H]1c1ccc(SC)cc1. The molecule has 1 aliphatic carbocycles. The number of ketones is 1. The van der Waals surface area contributed by atoms with Gasteiger partial charge in [-0.2, -0.15) is 0 Å². The minimum atomic E-state index is -0.532. The molecule has 1 aliphatic heterocycles. The quantitative estimate of drug-likeness (QED) is 0.619. The molecule has 0 fully saturated rings. The van der Waals surface area contributed by atoms with Crippen LogP contribution < -0.4 is 0 Å². The first-order valence-electron chi connectivity index (χ1n) is 8.10. The lowest BCUT2D eigenvalue weighted by atomic mass is 9.72. The predicted octanol–water partition coefficient (Wildman–Crippen LogP) is 3.76. The number of benzene rings is 1. The lowest BCUT2D eigenvalue weighted by Crippen LogP contribution is -2.36. The molecule has 4 nitrogen and oxygen atoms in total. The van der Waals surface area contributed by atoms with E-state index >= 15 is 0 Å². The Balaban J connectivity index is 2.14. The molecule has 5 heteroatoms. The Hall–Kier alpha value is -1.88. The van der Waals surface area contributed by atoms with Gasteiger partial charge < -0.3 is 4.74 Å². The number of hydrogen-bond donors (Lipinski definition) is 0. The van der Waals surface area contributed by atoms with Gasteiger partial charge >= 0.3 is 5.97 Å². The van der Waals surface area contributed by atoms with Crippen molar-refractivity contribution in [2.45, 2.75) is 37.0 Å². The standard InChI is InChI=1S/C19H21NO3S/c1-11-16(19(22)23-2)17(12-7-9-13(24-3)10-8-12)18-14(20-11)5-4-6-15(18)21/h7-10,16-17H,4-6H2,1-3H3/t16?,17-/m0/s1. The molecule has 126 valence electrons. The summed E-state index contributed by atoms with van der Waals surface area (Å²) in [6, 6.07) is 8.08. The third-order valence-corrected chi connectivity index (χ3v) is 5.51. The fourth-order valence-electron chi connectivity index (χ4n) is 3.61. The zero-order chi connectivity index (χ0) is 17.3. The predicted molar refractivity (Wildman–Crippen MR) is 95.5 cm³/mol. The maximum absolute atomic E-state index is 12.6. The first-order valence-corrected chi connectivity index (χ1v) is 9.32. The van der Waals surface area contributed by atoms with Gasteiger partial charge in [-0.15, -0.1) is 11.8 Å². The molecule has 0 bridgehead atoms. The highest BCUT2D eigenvalue weighted by Crippen LogP contribution is 2.43. The number of thioether (sulfide) groups is 1. The summed E-state index contributed by atoms with van der Waals surface area (Å²) >= 11 is 1.67. The van der Waals surface area contributed by atoms with Crippen molar-refractivity contribution < 1.29 is 14.3 Å². The van der Waals surface area contributed by atoms with Crippen molar-refractivity contribution in [2.75, 3.05) is 13.4 Å². The summed E-state index contributed by atoms with van der Waals surface area (Å²) in [5.41, 5.74) is 3.26. The molecule has 2 atom stereocenters. The number of methoxy groups -OCH3 is 1. The van der Waals surface area contributed by atoms with Gasteiger partial charge in [0, 0.05) is 34.2 Å². The second kappa shape index (κ2) is 6.93. The van der Waals surface area contributed by atoms with Crippen LogP contribution in [0, 0.1) is 5.92 Å². The number of Topliss-reactive ketones (excluding diaryl/α,β-unsaturated/α-hetero) is 1. The number of allylic oxidation sites excluding steroid dienone is 2. The Labute approximate surface area is 146 Å². The molecule has 2 aliphatic rings. The lowest BCUT2D eigenvalue weighted by Gasteiger charge is -2.34. The topological polar surface area (TPSA) is 55.7 Å². The number of aliphatic imine (C=N–C) groups is 1. The van der Waals surface area contributed by atoms with Crippen LogP contribution in [0.25, 0.3) is 0 Å². The van der Waals surface area contributed by atoms with Crippen LogP contribution in [0.3, 0.4) is 0 Å². The second-order valence-corrected chi connectivity index (χ2v) is 7.02. The molecule has 0 radical (unpaired) electrons. The number of esters is 1. The van der Waals surface area contributed by atoms with Crippen molar-refractivity contribution >= 4 is 29.2 Å². The zero-order valence-electron chi connectivity index (χ0n) is 14.2. The number of nitrogens with zero attached hydrogens (tertiary/aromatic N) is 1. The first-order chi connectivity index (χ1) is 11.6. The fourth-order valence-corrected chi connectivity index (χ4v) is 4.02. The van der Waals surface area contributed by atoms with Crippen LogP contribution >= 0.6 is 11.8 Å². The molecule has 1 aromatic carbocycles. The van der Waals surface area contributed by atoms with Gasteiger partial charge in [0.25, 0.3) is 0 Å². The Morgan fingerprint density at radius 1 is 1.25 bits per heavy atom. The summed E-state index contributed by atoms with van der Waals surface area (Å²) in [6.07, 6.45) is 4.18. The van der Waals surface area contributed by atoms with Gasteiger partial charge in [-0.25, -0.2) is 0 Å². The number of carbonyl (C=O) groups excluding carboxylic acids is 2. The Kier molecular flexibility index (Phi) is 4.90.